The Morgan fingerprint density at radius 3 is 2.50 bits per heavy atom. The molecule has 1 aromatic heterocycles. The topological polar surface area (TPSA) is 45.2 Å². The van der Waals surface area contributed by atoms with Gasteiger partial charge in [0.05, 0.1) is 17.4 Å². The molecule has 104 valence electrons. The third-order valence-corrected chi connectivity index (χ3v) is 3.79. The van der Waals surface area contributed by atoms with Crippen molar-refractivity contribution in [1.82, 2.24) is 4.98 Å². The molecule has 6 heteroatoms. The van der Waals surface area contributed by atoms with Gasteiger partial charge in [-0.1, -0.05) is 15.9 Å². The molecule has 20 heavy (non-hydrogen) atoms. The lowest BCUT2D eigenvalue weighted by atomic mass is 10.2. The lowest BCUT2D eigenvalue weighted by Gasteiger charge is -2.12. The highest BCUT2D eigenvalue weighted by Crippen LogP contribution is 2.23. The summed E-state index contributed by atoms with van der Waals surface area (Å²) in [6, 6.07) is 9.10. The van der Waals surface area contributed by atoms with Gasteiger partial charge in [-0.2, -0.15) is 0 Å². The summed E-state index contributed by atoms with van der Waals surface area (Å²) in [6.45, 7) is 0. The second-order valence-corrected chi connectivity index (χ2v) is 6.15. The second-order valence-electron chi connectivity index (χ2n) is 4.38. The summed E-state index contributed by atoms with van der Waals surface area (Å²) in [5, 5.41) is 2.82. The number of nitrogens with zero attached hydrogens (tertiary/aromatic N) is 2. The standard InChI is InChI=1S/C14H13Br2N3O/c1-19(2)13-6-4-10(8-17-13)18-14(20)11-5-3-9(15)7-12(11)16/h3-8H,1-2H3,(H,18,20). The van der Waals surface area contributed by atoms with E-state index in [9.17, 15) is 4.79 Å². The van der Waals surface area contributed by atoms with E-state index in [1.807, 2.05) is 43.3 Å². The molecule has 0 saturated carbocycles. The van der Waals surface area contributed by atoms with Crippen molar-refractivity contribution in [2.45, 2.75) is 0 Å². The van der Waals surface area contributed by atoms with E-state index in [0.717, 1.165) is 14.8 Å². The molecule has 0 radical (unpaired) electrons. The Morgan fingerprint density at radius 1 is 1.20 bits per heavy atom. The van der Waals surface area contributed by atoms with Crippen LogP contribution in [-0.2, 0) is 0 Å². The smallest absolute Gasteiger partial charge is 0.256 e. The number of benzene rings is 1. The lowest BCUT2D eigenvalue weighted by molar-refractivity contribution is 0.102. The van der Waals surface area contributed by atoms with E-state index < -0.39 is 0 Å². The summed E-state index contributed by atoms with van der Waals surface area (Å²) >= 11 is 6.74. The Kier molecular flexibility index (Phi) is 4.77. The number of aromatic nitrogens is 1. The lowest BCUT2D eigenvalue weighted by Crippen LogP contribution is -2.14. The van der Waals surface area contributed by atoms with Crippen LogP contribution in [0.15, 0.2) is 45.5 Å². The zero-order valence-electron chi connectivity index (χ0n) is 11.0. The van der Waals surface area contributed by atoms with Crippen LogP contribution >= 0.6 is 31.9 Å². The van der Waals surface area contributed by atoms with Gasteiger partial charge in [-0.25, -0.2) is 4.98 Å². The molecule has 0 aliphatic rings. The molecule has 0 atom stereocenters. The van der Waals surface area contributed by atoms with Gasteiger partial charge in [0.2, 0.25) is 0 Å². The van der Waals surface area contributed by atoms with E-state index in [4.69, 9.17) is 0 Å². The number of pyridine rings is 1. The van der Waals surface area contributed by atoms with Crippen LogP contribution < -0.4 is 10.2 Å². The van der Waals surface area contributed by atoms with Crippen molar-refractivity contribution >= 4 is 49.3 Å². The van der Waals surface area contributed by atoms with Gasteiger partial charge in [0.1, 0.15) is 5.82 Å². The van der Waals surface area contributed by atoms with Gasteiger partial charge in [0.25, 0.3) is 5.91 Å². The third kappa shape index (κ3) is 3.58. The van der Waals surface area contributed by atoms with Gasteiger partial charge < -0.3 is 10.2 Å². The zero-order valence-corrected chi connectivity index (χ0v) is 14.2. The number of hydrogen-bond acceptors (Lipinski definition) is 3. The molecular formula is C14H13Br2N3O. The van der Waals surface area contributed by atoms with E-state index in [-0.39, 0.29) is 5.91 Å². The fraction of sp³-hybridized carbons (Fsp3) is 0.143. The monoisotopic (exact) mass is 397 g/mol. The van der Waals surface area contributed by atoms with Crippen molar-refractivity contribution < 1.29 is 4.79 Å². The summed E-state index contributed by atoms with van der Waals surface area (Å²) in [4.78, 5) is 18.3. The van der Waals surface area contributed by atoms with Gasteiger partial charge in [-0.15, -0.1) is 0 Å². The number of amides is 1. The first-order chi connectivity index (χ1) is 9.47. The molecule has 0 spiro atoms. The largest absolute Gasteiger partial charge is 0.363 e. The second kappa shape index (κ2) is 6.37. The minimum Gasteiger partial charge on any atom is -0.363 e. The highest BCUT2D eigenvalue weighted by atomic mass is 79.9. The maximum absolute atomic E-state index is 12.2. The molecule has 2 aromatic rings. The molecule has 0 fully saturated rings. The van der Waals surface area contributed by atoms with Crippen LogP contribution in [0.5, 0.6) is 0 Å². The zero-order chi connectivity index (χ0) is 14.7. The SMILES string of the molecule is CN(C)c1ccc(NC(=O)c2ccc(Br)cc2Br)cn1. The molecule has 1 N–H and O–H groups in total. The summed E-state index contributed by atoms with van der Waals surface area (Å²) in [5.74, 6) is 0.664. The molecule has 0 aliphatic carbocycles. The summed E-state index contributed by atoms with van der Waals surface area (Å²) in [6.07, 6.45) is 1.64. The van der Waals surface area contributed by atoms with E-state index in [2.05, 4.69) is 42.2 Å². The van der Waals surface area contributed by atoms with Gasteiger partial charge in [-0.3, -0.25) is 4.79 Å². The van der Waals surface area contributed by atoms with Crippen molar-refractivity contribution in [2.75, 3.05) is 24.3 Å². The number of hydrogen-bond donors (Lipinski definition) is 1. The molecule has 1 aromatic carbocycles. The third-order valence-electron chi connectivity index (χ3n) is 2.64. The van der Waals surface area contributed by atoms with E-state index in [0.29, 0.717) is 11.3 Å². The fourth-order valence-corrected chi connectivity index (χ4v) is 2.82. The van der Waals surface area contributed by atoms with Crippen LogP contribution in [0, 0.1) is 0 Å². The van der Waals surface area contributed by atoms with E-state index >= 15 is 0 Å². The molecule has 0 unspecified atom stereocenters. The van der Waals surface area contributed by atoms with Crippen LogP contribution in [0.3, 0.4) is 0 Å². The van der Waals surface area contributed by atoms with Crippen molar-refractivity contribution in [3.8, 4) is 0 Å². The summed E-state index contributed by atoms with van der Waals surface area (Å²) in [7, 11) is 3.83. The number of carbonyl (C=O) groups is 1. The number of carbonyl (C=O) groups excluding carboxylic acids is 1. The number of nitrogens with one attached hydrogen (secondary N) is 1. The molecule has 2 rings (SSSR count). The maximum atomic E-state index is 12.2. The molecule has 4 nitrogen and oxygen atoms in total. The number of rotatable bonds is 3. The van der Waals surface area contributed by atoms with E-state index in [1.54, 1.807) is 12.3 Å². The molecule has 0 aliphatic heterocycles. The van der Waals surface area contributed by atoms with Gasteiger partial charge in [-0.05, 0) is 46.3 Å². The predicted octanol–water partition coefficient (Wildman–Crippen LogP) is 3.92. The van der Waals surface area contributed by atoms with Crippen LogP contribution in [0.2, 0.25) is 0 Å². The molecule has 1 amide bonds. The first-order valence-corrected chi connectivity index (χ1v) is 7.46. The number of halogens is 2. The first kappa shape index (κ1) is 15.0. The molecule has 0 bridgehead atoms. The van der Waals surface area contributed by atoms with Crippen LogP contribution in [0.4, 0.5) is 11.5 Å². The minimum atomic E-state index is -0.177. The van der Waals surface area contributed by atoms with Crippen molar-refractivity contribution in [2.24, 2.45) is 0 Å². The number of anilines is 2. The van der Waals surface area contributed by atoms with Crippen molar-refractivity contribution in [3.05, 3.63) is 51.0 Å². The van der Waals surface area contributed by atoms with Gasteiger partial charge in [0, 0.05) is 23.0 Å². The Balaban J connectivity index is 2.15. The fourth-order valence-electron chi connectivity index (χ4n) is 1.60. The molecule has 0 saturated heterocycles. The Bertz CT molecular complexity index is 627. The van der Waals surface area contributed by atoms with Crippen LogP contribution in [0.1, 0.15) is 10.4 Å². The highest BCUT2D eigenvalue weighted by molar-refractivity contribution is 9.11. The quantitative estimate of drug-likeness (QED) is 0.851. The average molecular weight is 399 g/mol. The van der Waals surface area contributed by atoms with Gasteiger partial charge in [0.15, 0.2) is 0 Å². The van der Waals surface area contributed by atoms with E-state index in [1.165, 1.54) is 0 Å². The van der Waals surface area contributed by atoms with Crippen LogP contribution in [0.25, 0.3) is 0 Å². The normalized spacial score (nSPS) is 10.2. The maximum Gasteiger partial charge on any atom is 0.256 e. The van der Waals surface area contributed by atoms with Crippen molar-refractivity contribution in [1.29, 1.82) is 0 Å². The Morgan fingerprint density at radius 2 is 1.95 bits per heavy atom. The molecular weight excluding hydrogens is 386 g/mol. The predicted molar refractivity (Wildman–Crippen MR) is 88.4 cm³/mol. The summed E-state index contributed by atoms with van der Waals surface area (Å²) in [5.41, 5.74) is 1.24. The highest BCUT2D eigenvalue weighted by Gasteiger charge is 2.10. The average Bonchev–Trinajstić information content (AvgIpc) is 2.39. The first-order valence-electron chi connectivity index (χ1n) is 5.87. The Hall–Kier alpha value is -1.40. The van der Waals surface area contributed by atoms with Gasteiger partial charge >= 0.3 is 0 Å². The minimum absolute atomic E-state index is 0.177. The molecule has 1 heterocycles. The summed E-state index contributed by atoms with van der Waals surface area (Å²) < 4.78 is 1.65. The Labute approximate surface area is 134 Å². The van der Waals surface area contributed by atoms with Crippen molar-refractivity contribution in [3.63, 3.8) is 0 Å². The van der Waals surface area contributed by atoms with Crippen LogP contribution in [-0.4, -0.2) is 25.0 Å².